The van der Waals surface area contributed by atoms with Crippen molar-refractivity contribution in [3.05, 3.63) is 35.9 Å². The van der Waals surface area contributed by atoms with Crippen LogP contribution in [0.5, 0.6) is 0 Å². The number of rotatable bonds is 5. The molecule has 4 fully saturated rings. The summed E-state index contributed by atoms with van der Waals surface area (Å²) in [6.45, 7) is 3.77. The molecule has 2 aliphatic carbocycles. The first kappa shape index (κ1) is 21.0. The third-order valence-corrected chi connectivity index (χ3v) is 8.50. The zero-order valence-corrected chi connectivity index (χ0v) is 18.7. The number of nitrogens with one attached hydrogen (secondary N) is 1. The second-order valence-corrected chi connectivity index (χ2v) is 10.4. The topological polar surface area (TPSA) is 52.7 Å². The van der Waals surface area contributed by atoms with Gasteiger partial charge in [0.05, 0.1) is 6.42 Å². The number of nitrogens with zero attached hydrogens (tertiary/aromatic N) is 2. The molecule has 2 saturated heterocycles. The van der Waals surface area contributed by atoms with Gasteiger partial charge in [-0.25, -0.2) is 0 Å². The molecular weight excluding hydrogens is 386 g/mol. The number of carbonyl (C=O) groups excluding carboxylic acids is 2. The first-order valence-corrected chi connectivity index (χ1v) is 12.5. The lowest BCUT2D eigenvalue weighted by molar-refractivity contribution is -0.132. The van der Waals surface area contributed by atoms with Crippen molar-refractivity contribution in [2.45, 2.75) is 69.9 Å². The Hall–Kier alpha value is -1.88. The van der Waals surface area contributed by atoms with Gasteiger partial charge in [0.25, 0.3) is 0 Å². The molecule has 31 heavy (non-hydrogen) atoms. The molecule has 0 spiro atoms. The highest BCUT2D eigenvalue weighted by Crippen LogP contribution is 2.44. The van der Waals surface area contributed by atoms with Gasteiger partial charge in [-0.3, -0.25) is 9.59 Å². The second kappa shape index (κ2) is 9.32. The van der Waals surface area contributed by atoms with Crippen LogP contribution in [0, 0.1) is 17.8 Å². The molecule has 3 atom stereocenters. The normalized spacial score (nSPS) is 29.9. The molecule has 1 aromatic carbocycles. The fourth-order valence-electron chi connectivity index (χ4n) is 6.61. The number of likely N-dealkylation sites (tertiary alicyclic amines) is 2. The second-order valence-electron chi connectivity index (χ2n) is 10.4. The van der Waals surface area contributed by atoms with E-state index in [9.17, 15) is 9.59 Å². The highest BCUT2D eigenvalue weighted by molar-refractivity contribution is 5.79. The molecule has 2 heterocycles. The molecule has 0 radical (unpaired) electrons. The molecule has 5 nitrogen and oxygen atoms in total. The molecule has 2 aliphatic heterocycles. The predicted molar refractivity (Wildman–Crippen MR) is 121 cm³/mol. The number of amides is 2. The molecule has 5 heteroatoms. The summed E-state index contributed by atoms with van der Waals surface area (Å²) in [5.41, 5.74) is 1.10. The van der Waals surface area contributed by atoms with Crippen LogP contribution in [0.4, 0.5) is 0 Å². The fraction of sp³-hybridized carbons (Fsp3) is 0.692. The summed E-state index contributed by atoms with van der Waals surface area (Å²) in [5, 5.41) is 3.41. The van der Waals surface area contributed by atoms with Crippen molar-refractivity contribution in [2.24, 2.45) is 17.8 Å². The largest absolute Gasteiger partial charge is 0.353 e. The van der Waals surface area contributed by atoms with Crippen LogP contribution >= 0.6 is 0 Å². The molecule has 5 rings (SSSR count). The summed E-state index contributed by atoms with van der Waals surface area (Å²) < 4.78 is 0. The number of benzene rings is 1. The van der Waals surface area contributed by atoms with E-state index in [1.807, 2.05) is 35.2 Å². The van der Waals surface area contributed by atoms with Crippen molar-refractivity contribution in [2.75, 3.05) is 26.2 Å². The third-order valence-electron chi connectivity index (χ3n) is 8.50. The first-order chi connectivity index (χ1) is 15.2. The van der Waals surface area contributed by atoms with Gasteiger partial charge >= 0.3 is 0 Å². The smallest absolute Gasteiger partial charge is 0.226 e. The fourth-order valence-corrected chi connectivity index (χ4v) is 6.61. The van der Waals surface area contributed by atoms with Crippen LogP contribution in [0.25, 0.3) is 0 Å². The maximum Gasteiger partial charge on any atom is 0.226 e. The lowest BCUT2D eigenvalue weighted by Crippen LogP contribution is -2.51. The van der Waals surface area contributed by atoms with E-state index in [2.05, 4.69) is 10.2 Å². The molecule has 2 amide bonds. The van der Waals surface area contributed by atoms with Gasteiger partial charge in [-0.05, 0) is 75.4 Å². The lowest BCUT2D eigenvalue weighted by atomic mass is 9.91. The minimum atomic E-state index is 0.197. The quantitative estimate of drug-likeness (QED) is 0.791. The van der Waals surface area contributed by atoms with Gasteiger partial charge in [-0.2, -0.15) is 0 Å². The van der Waals surface area contributed by atoms with E-state index in [1.165, 1.54) is 25.7 Å². The summed E-state index contributed by atoms with van der Waals surface area (Å²) in [5.74, 6) is 2.40. The average Bonchev–Trinajstić information content (AvgIpc) is 3.43. The molecule has 1 aromatic rings. The van der Waals surface area contributed by atoms with Crippen molar-refractivity contribution in [3.63, 3.8) is 0 Å². The standard InChI is InChI=1S/C26H37N3O2/c30-25(18-19-4-2-1-3-5-19)29-14-10-23(11-15-29)28-12-8-21(9-13-28)26(31)27-24-17-20-6-7-22(24)16-20/h1-5,20-24H,6-18H2,(H,27,31). The molecule has 168 valence electrons. The van der Waals surface area contributed by atoms with E-state index in [1.54, 1.807) is 0 Å². The van der Waals surface area contributed by atoms with Gasteiger partial charge in [-0.15, -0.1) is 0 Å². The van der Waals surface area contributed by atoms with E-state index in [-0.39, 0.29) is 11.8 Å². The third kappa shape index (κ3) is 4.82. The van der Waals surface area contributed by atoms with E-state index in [0.29, 0.717) is 24.4 Å². The Kier molecular flexibility index (Phi) is 6.31. The summed E-state index contributed by atoms with van der Waals surface area (Å²) in [6, 6.07) is 11.1. The van der Waals surface area contributed by atoms with E-state index >= 15 is 0 Å². The first-order valence-electron chi connectivity index (χ1n) is 12.5. The molecule has 2 bridgehead atoms. The van der Waals surface area contributed by atoms with Crippen molar-refractivity contribution in [1.29, 1.82) is 0 Å². The minimum Gasteiger partial charge on any atom is -0.353 e. The van der Waals surface area contributed by atoms with Crippen molar-refractivity contribution < 1.29 is 9.59 Å². The SMILES string of the molecule is O=C(NC1CC2CCC1C2)C1CCN(C2CCN(C(=O)Cc3ccccc3)CC2)CC1. The van der Waals surface area contributed by atoms with Crippen LogP contribution < -0.4 is 5.32 Å². The molecule has 3 unspecified atom stereocenters. The van der Waals surface area contributed by atoms with Crippen LogP contribution in [0.3, 0.4) is 0 Å². The van der Waals surface area contributed by atoms with Gasteiger partial charge < -0.3 is 15.1 Å². The van der Waals surface area contributed by atoms with Crippen LogP contribution in [0.2, 0.25) is 0 Å². The van der Waals surface area contributed by atoms with E-state index < -0.39 is 0 Å². The number of piperidine rings is 2. The van der Waals surface area contributed by atoms with Gasteiger partial charge in [0.1, 0.15) is 0 Å². The molecule has 4 aliphatic rings. The van der Waals surface area contributed by atoms with Gasteiger partial charge in [0.2, 0.25) is 11.8 Å². The summed E-state index contributed by atoms with van der Waals surface area (Å²) in [6.07, 6.45) is 9.86. The van der Waals surface area contributed by atoms with E-state index in [4.69, 9.17) is 0 Å². The monoisotopic (exact) mass is 423 g/mol. The Labute approximate surface area is 186 Å². The Balaban J connectivity index is 1.03. The highest BCUT2D eigenvalue weighted by atomic mass is 16.2. The summed E-state index contributed by atoms with van der Waals surface area (Å²) in [4.78, 5) is 30.1. The lowest BCUT2D eigenvalue weighted by Gasteiger charge is -2.41. The Morgan fingerprint density at radius 3 is 2.26 bits per heavy atom. The Morgan fingerprint density at radius 2 is 1.61 bits per heavy atom. The summed E-state index contributed by atoms with van der Waals surface area (Å²) in [7, 11) is 0. The number of hydrogen-bond acceptors (Lipinski definition) is 3. The maximum absolute atomic E-state index is 12.8. The number of carbonyl (C=O) groups is 2. The van der Waals surface area contributed by atoms with Crippen molar-refractivity contribution in [3.8, 4) is 0 Å². The van der Waals surface area contributed by atoms with Gasteiger partial charge in [-0.1, -0.05) is 36.8 Å². The number of fused-ring (bicyclic) bond motifs is 2. The predicted octanol–water partition coefficient (Wildman–Crippen LogP) is 3.24. The number of hydrogen-bond donors (Lipinski definition) is 1. The van der Waals surface area contributed by atoms with Crippen molar-refractivity contribution >= 4 is 11.8 Å². The van der Waals surface area contributed by atoms with Crippen LogP contribution in [0.1, 0.15) is 56.9 Å². The van der Waals surface area contributed by atoms with Crippen LogP contribution in [-0.2, 0) is 16.0 Å². The Morgan fingerprint density at radius 1 is 0.871 bits per heavy atom. The summed E-state index contributed by atoms with van der Waals surface area (Å²) >= 11 is 0. The average molecular weight is 424 g/mol. The van der Waals surface area contributed by atoms with E-state index in [0.717, 1.165) is 69.3 Å². The van der Waals surface area contributed by atoms with Crippen molar-refractivity contribution in [1.82, 2.24) is 15.1 Å². The molecule has 0 aromatic heterocycles. The van der Waals surface area contributed by atoms with Gasteiger partial charge in [0.15, 0.2) is 0 Å². The zero-order chi connectivity index (χ0) is 21.2. The highest BCUT2D eigenvalue weighted by Gasteiger charge is 2.41. The maximum atomic E-state index is 12.8. The zero-order valence-electron chi connectivity index (χ0n) is 18.7. The Bertz CT molecular complexity index is 766. The minimum absolute atomic E-state index is 0.197. The molecular formula is C26H37N3O2. The molecule has 2 saturated carbocycles. The molecule has 1 N–H and O–H groups in total. The van der Waals surface area contributed by atoms with Gasteiger partial charge in [0, 0.05) is 31.1 Å². The van der Waals surface area contributed by atoms with Crippen LogP contribution in [-0.4, -0.2) is 59.9 Å². The van der Waals surface area contributed by atoms with Crippen LogP contribution in [0.15, 0.2) is 30.3 Å².